The maximum atomic E-state index is 13.6. The van der Waals surface area contributed by atoms with Crippen molar-refractivity contribution in [1.82, 2.24) is 19.5 Å². The van der Waals surface area contributed by atoms with Gasteiger partial charge < -0.3 is 9.88 Å². The highest BCUT2D eigenvalue weighted by atomic mass is 32.2. The van der Waals surface area contributed by atoms with Gasteiger partial charge in [0.2, 0.25) is 5.95 Å². The van der Waals surface area contributed by atoms with Gasteiger partial charge in [0.25, 0.3) is 0 Å². The van der Waals surface area contributed by atoms with E-state index >= 15 is 0 Å². The van der Waals surface area contributed by atoms with Crippen LogP contribution >= 0.6 is 11.8 Å². The standard InChI is InChI=1S/C11H14FN5S/c1-3-4-13-10-15-7-8(12)9(16-10)18-11-14-5-6-17(11)2/h5-7H,3-4H2,1-2H3,(H,13,15,16). The third-order valence-corrected chi connectivity index (χ3v) is 3.27. The molecule has 0 aromatic carbocycles. The summed E-state index contributed by atoms with van der Waals surface area (Å²) in [5.74, 6) is 0.00000709. The van der Waals surface area contributed by atoms with Crippen molar-refractivity contribution >= 4 is 17.7 Å². The van der Waals surface area contributed by atoms with Gasteiger partial charge in [0.1, 0.15) is 5.03 Å². The molecule has 5 nitrogen and oxygen atoms in total. The molecule has 2 aromatic rings. The van der Waals surface area contributed by atoms with Gasteiger partial charge in [0.15, 0.2) is 11.0 Å². The second-order valence-electron chi connectivity index (χ2n) is 3.70. The number of halogens is 1. The Bertz CT molecular complexity index is 528. The quantitative estimate of drug-likeness (QED) is 0.843. The molecule has 0 fully saturated rings. The maximum Gasteiger partial charge on any atom is 0.223 e. The number of anilines is 1. The highest BCUT2D eigenvalue weighted by molar-refractivity contribution is 7.99. The minimum atomic E-state index is -0.440. The summed E-state index contributed by atoms with van der Waals surface area (Å²) in [7, 11) is 1.85. The van der Waals surface area contributed by atoms with Crippen molar-refractivity contribution in [2.24, 2.45) is 7.05 Å². The van der Waals surface area contributed by atoms with Crippen molar-refractivity contribution in [3.63, 3.8) is 0 Å². The predicted molar refractivity (Wildman–Crippen MR) is 68.1 cm³/mol. The zero-order chi connectivity index (χ0) is 13.0. The molecule has 7 heteroatoms. The van der Waals surface area contributed by atoms with Gasteiger partial charge in [-0.2, -0.15) is 0 Å². The summed E-state index contributed by atoms with van der Waals surface area (Å²) in [6.07, 6.45) is 5.61. The Labute approximate surface area is 109 Å². The normalized spacial score (nSPS) is 10.6. The molecule has 2 aromatic heterocycles. The van der Waals surface area contributed by atoms with Crippen LogP contribution in [0.5, 0.6) is 0 Å². The number of aryl methyl sites for hydroxylation is 1. The molecular weight excluding hydrogens is 253 g/mol. The molecule has 96 valence electrons. The first-order chi connectivity index (χ1) is 8.70. The summed E-state index contributed by atoms with van der Waals surface area (Å²) in [6, 6.07) is 0. The molecule has 0 unspecified atom stereocenters. The second-order valence-corrected chi connectivity index (χ2v) is 4.65. The summed E-state index contributed by atoms with van der Waals surface area (Å²) in [6.45, 7) is 2.80. The zero-order valence-corrected chi connectivity index (χ0v) is 11.0. The Hall–Kier alpha value is -1.63. The van der Waals surface area contributed by atoms with Crippen molar-refractivity contribution in [2.45, 2.75) is 23.5 Å². The van der Waals surface area contributed by atoms with Crippen LogP contribution < -0.4 is 5.32 Å². The predicted octanol–water partition coefficient (Wildman–Crippen LogP) is 2.32. The van der Waals surface area contributed by atoms with E-state index in [0.717, 1.165) is 13.0 Å². The van der Waals surface area contributed by atoms with Gasteiger partial charge in [0.05, 0.1) is 6.20 Å². The van der Waals surface area contributed by atoms with Crippen LogP contribution in [0.15, 0.2) is 28.8 Å². The minimum Gasteiger partial charge on any atom is -0.354 e. The largest absolute Gasteiger partial charge is 0.354 e. The van der Waals surface area contributed by atoms with E-state index in [-0.39, 0.29) is 5.03 Å². The lowest BCUT2D eigenvalue weighted by Crippen LogP contribution is -2.05. The van der Waals surface area contributed by atoms with E-state index in [4.69, 9.17) is 0 Å². The smallest absolute Gasteiger partial charge is 0.223 e. The Morgan fingerprint density at radius 1 is 1.44 bits per heavy atom. The number of nitrogens with zero attached hydrogens (tertiary/aromatic N) is 4. The lowest BCUT2D eigenvalue weighted by Gasteiger charge is -2.06. The molecule has 0 aliphatic carbocycles. The second kappa shape index (κ2) is 5.81. The van der Waals surface area contributed by atoms with Crippen molar-refractivity contribution < 1.29 is 4.39 Å². The van der Waals surface area contributed by atoms with E-state index in [0.29, 0.717) is 11.1 Å². The number of aromatic nitrogens is 4. The molecular formula is C11H14FN5S. The van der Waals surface area contributed by atoms with Crippen LogP contribution in [0.2, 0.25) is 0 Å². The van der Waals surface area contributed by atoms with Crippen molar-refractivity contribution in [1.29, 1.82) is 0 Å². The summed E-state index contributed by atoms with van der Waals surface area (Å²) in [5.41, 5.74) is 0. The summed E-state index contributed by atoms with van der Waals surface area (Å²) >= 11 is 1.18. The maximum absolute atomic E-state index is 13.6. The van der Waals surface area contributed by atoms with Crippen molar-refractivity contribution in [3.8, 4) is 0 Å². The van der Waals surface area contributed by atoms with Gasteiger partial charge in [-0.05, 0) is 18.2 Å². The molecule has 0 spiro atoms. The van der Waals surface area contributed by atoms with Gasteiger partial charge in [-0.25, -0.2) is 19.3 Å². The van der Waals surface area contributed by atoms with Crippen LogP contribution in [-0.4, -0.2) is 26.1 Å². The monoisotopic (exact) mass is 267 g/mol. The van der Waals surface area contributed by atoms with Gasteiger partial charge in [-0.1, -0.05) is 6.92 Å². The first-order valence-electron chi connectivity index (χ1n) is 5.62. The van der Waals surface area contributed by atoms with E-state index in [1.165, 1.54) is 18.0 Å². The number of rotatable bonds is 5. The average Bonchev–Trinajstić information content (AvgIpc) is 2.76. The third-order valence-electron chi connectivity index (χ3n) is 2.21. The van der Waals surface area contributed by atoms with E-state index < -0.39 is 5.82 Å². The van der Waals surface area contributed by atoms with Gasteiger partial charge in [-0.3, -0.25) is 0 Å². The Balaban J connectivity index is 2.18. The zero-order valence-electron chi connectivity index (χ0n) is 10.2. The molecule has 2 rings (SSSR count). The number of hydrogen-bond donors (Lipinski definition) is 1. The Morgan fingerprint density at radius 2 is 2.28 bits per heavy atom. The Kier molecular flexibility index (Phi) is 4.14. The molecule has 0 aliphatic rings. The first-order valence-corrected chi connectivity index (χ1v) is 6.44. The van der Waals surface area contributed by atoms with Crippen LogP contribution in [0, 0.1) is 5.82 Å². The van der Waals surface area contributed by atoms with E-state index in [1.54, 1.807) is 12.4 Å². The molecule has 0 bridgehead atoms. The summed E-state index contributed by atoms with van der Waals surface area (Å²) < 4.78 is 15.4. The molecule has 0 atom stereocenters. The van der Waals surface area contributed by atoms with E-state index in [2.05, 4.69) is 20.3 Å². The molecule has 0 saturated heterocycles. The van der Waals surface area contributed by atoms with Gasteiger partial charge in [0, 0.05) is 26.0 Å². The fourth-order valence-electron chi connectivity index (χ4n) is 1.28. The van der Waals surface area contributed by atoms with Crippen LogP contribution in [0.3, 0.4) is 0 Å². The molecule has 1 N–H and O–H groups in total. The number of hydrogen-bond acceptors (Lipinski definition) is 5. The fraction of sp³-hybridized carbons (Fsp3) is 0.364. The molecule has 0 saturated carbocycles. The molecule has 2 heterocycles. The fourth-order valence-corrected chi connectivity index (χ4v) is 2.06. The van der Waals surface area contributed by atoms with Crippen LogP contribution in [0.4, 0.5) is 10.3 Å². The average molecular weight is 267 g/mol. The minimum absolute atomic E-state index is 0.276. The highest BCUT2D eigenvalue weighted by Gasteiger charge is 2.11. The van der Waals surface area contributed by atoms with Crippen LogP contribution in [0.25, 0.3) is 0 Å². The van der Waals surface area contributed by atoms with Gasteiger partial charge in [-0.15, -0.1) is 0 Å². The first kappa shape index (κ1) is 12.8. The summed E-state index contributed by atoms with van der Waals surface area (Å²) in [5, 5.41) is 3.99. The van der Waals surface area contributed by atoms with Crippen LogP contribution in [0.1, 0.15) is 13.3 Å². The van der Waals surface area contributed by atoms with Crippen molar-refractivity contribution in [2.75, 3.05) is 11.9 Å². The lowest BCUT2D eigenvalue weighted by atomic mass is 10.5. The number of imidazole rings is 1. The topological polar surface area (TPSA) is 55.6 Å². The molecule has 0 radical (unpaired) electrons. The number of nitrogens with one attached hydrogen (secondary N) is 1. The third kappa shape index (κ3) is 2.98. The molecule has 0 amide bonds. The van der Waals surface area contributed by atoms with E-state index in [1.807, 2.05) is 18.5 Å². The van der Waals surface area contributed by atoms with Crippen LogP contribution in [-0.2, 0) is 7.05 Å². The molecule has 0 aliphatic heterocycles. The molecule has 18 heavy (non-hydrogen) atoms. The van der Waals surface area contributed by atoms with Crippen molar-refractivity contribution in [3.05, 3.63) is 24.4 Å². The lowest BCUT2D eigenvalue weighted by molar-refractivity contribution is 0.579. The highest BCUT2D eigenvalue weighted by Crippen LogP contribution is 2.26. The SMILES string of the molecule is CCCNc1ncc(F)c(Sc2nccn2C)n1. The van der Waals surface area contributed by atoms with Gasteiger partial charge >= 0.3 is 0 Å². The summed E-state index contributed by atoms with van der Waals surface area (Å²) in [4.78, 5) is 12.2. The van der Waals surface area contributed by atoms with E-state index in [9.17, 15) is 4.39 Å². The Morgan fingerprint density at radius 3 is 2.94 bits per heavy atom.